The fourth-order valence-electron chi connectivity index (χ4n) is 5.45. The van der Waals surface area contributed by atoms with E-state index in [1.165, 1.54) is 0 Å². The van der Waals surface area contributed by atoms with E-state index in [4.69, 9.17) is 30.2 Å². The Morgan fingerprint density at radius 2 is 0.537 bits per heavy atom. The number of aromatic nitrogens is 3. The minimum Gasteiger partial charge on any atom is -0.208 e. The van der Waals surface area contributed by atoms with Gasteiger partial charge in [0, 0.05) is 16.7 Å². The number of hydrogen-bond acceptors (Lipinski definition) is 3. The smallest absolute Gasteiger partial charge is 0.164 e. The molecule has 252 valence electrons. The quantitative estimate of drug-likeness (QED) is 0.161. The van der Waals surface area contributed by atoms with Crippen LogP contribution in [0.15, 0.2) is 199 Å². The van der Waals surface area contributed by atoms with Crippen molar-refractivity contribution < 1.29 is 45.2 Å². The highest BCUT2D eigenvalue weighted by Crippen LogP contribution is 2.38. The third kappa shape index (κ3) is 5.78. The molecule has 0 fully saturated rings. The van der Waals surface area contributed by atoms with Crippen LogP contribution in [-0.4, -0.2) is 15.0 Å². The van der Waals surface area contributed by atoms with Gasteiger partial charge < -0.3 is 0 Å². The normalized spacial score (nSPS) is 19.9. The first-order valence-electron chi connectivity index (χ1n) is 32.1. The fraction of sp³-hybridized carbons (Fsp3) is 0. The van der Waals surface area contributed by atoms with Crippen LogP contribution in [0.5, 0.6) is 0 Å². The van der Waals surface area contributed by atoms with Crippen LogP contribution in [0.1, 0.15) is 45.2 Å². The molecule has 0 saturated carbocycles. The first-order chi connectivity index (χ1) is 40.5. The first kappa shape index (κ1) is 12.4. The average Bonchev–Trinajstić information content (AvgIpc) is 0.725. The summed E-state index contributed by atoms with van der Waals surface area (Å²) in [4.78, 5) is 12.7. The molecule has 10 aromatic rings. The van der Waals surface area contributed by atoms with Gasteiger partial charge in [-0.2, -0.15) is 0 Å². The molecule has 1 aromatic heterocycles. The van der Waals surface area contributed by atoms with Crippen LogP contribution in [0, 0.1) is 0 Å². The van der Waals surface area contributed by atoms with E-state index in [0.717, 1.165) is 0 Å². The molecule has 0 spiro atoms. The third-order valence-electron chi connectivity index (χ3n) is 7.87. The molecular weight excluding hydrogens is 655 g/mol. The predicted molar refractivity (Wildman–Crippen MR) is 225 cm³/mol. The second-order valence-electron chi connectivity index (χ2n) is 11.1. The van der Waals surface area contributed by atoms with Crippen molar-refractivity contribution in [3.8, 4) is 67.5 Å². The summed E-state index contributed by atoms with van der Waals surface area (Å²) in [5, 5.41) is -3.42. The van der Waals surface area contributed by atoms with E-state index in [9.17, 15) is 15.1 Å². The van der Waals surface area contributed by atoms with E-state index < -0.39 is 299 Å². The summed E-state index contributed by atoms with van der Waals surface area (Å²) in [6.07, 6.45) is 0. The highest BCUT2D eigenvalue weighted by atomic mass is 15.0. The second-order valence-corrected chi connectivity index (χ2v) is 11.1. The van der Waals surface area contributed by atoms with E-state index in [1.807, 2.05) is 0 Å². The van der Waals surface area contributed by atoms with Crippen molar-refractivity contribution >= 4 is 32.3 Å². The monoisotopic (exact) mass is 720 g/mol. The van der Waals surface area contributed by atoms with E-state index in [2.05, 4.69) is 15.0 Å². The minimum atomic E-state index is -1.18. The van der Waals surface area contributed by atoms with Gasteiger partial charge in [-0.05, 0) is 83.8 Å². The van der Waals surface area contributed by atoms with Crippen molar-refractivity contribution in [2.75, 3.05) is 0 Å². The van der Waals surface area contributed by atoms with Gasteiger partial charge in [0.05, 0.1) is 45.2 Å². The van der Waals surface area contributed by atoms with Gasteiger partial charge in [-0.15, -0.1) is 0 Å². The van der Waals surface area contributed by atoms with Crippen LogP contribution in [0.4, 0.5) is 0 Å². The lowest BCUT2D eigenvalue weighted by Crippen LogP contribution is -2.00. The van der Waals surface area contributed by atoms with E-state index in [0.29, 0.717) is 0 Å². The molecule has 0 amide bonds. The Hall–Kier alpha value is -7.23. The molecule has 1 heterocycles. The maximum atomic E-state index is 9.75. The second kappa shape index (κ2) is 13.4. The Balaban J connectivity index is 1.32. The zero-order chi connectivity index (χ0) is 64.6. The van der Waals surface area contributed by atoms with Crippen molar-refractivity contribution in [3.05, 3.63) is 199 Å². The zero-order valence-corrected chi connectivity index (χ0v) is 26.8. The number of benzene rings is 9. The summed E-state index contributed by atoms with van der Waals surface area (Å²) < 4.78 is 293. The van der Waals surface area contributed by atoms with E-state index >= 15 is 0 Å². The summed E-state index contributed by atoms with van der Waals surface area (Å²) in [5.41, 5.74) is -8.10. The molecule has 0 saturated heterocycles. The maximum Gasteiger partial charge on any atom is 0.164 e. The molecule has 9 aromatic carbocycles. The molecule has 0 aliphatic heterocycles. The van der Waals surface area contributed by atoms with Crippen molar-refractivity contribution in [2.24, 2.45) is 0 Å². The first-order valence-corrected chi connectivity index (χ1v) is 15.6. The lowest BCUT2D eigenvalue weighted by Gasteiger charge is -2.13. The van der Waals surface area contributed by atoms with Crippen LogP contribution >= 0.6 is 0 Å². The number of rotatable bonds is 6. The Bertz CT molecular complexity index is 4780. The van der Waals surface area contributed by atoms with Crippen LogP contribution in [0.2, 0.25) is 0 Å². The Morgan fingerprint density at radius 1 is 0.222 bits per heavy atom. The standard InChI is InChI=1S/C51H33N3/c1-3-13-34(14-4-1)35-25-27-37(28-26-35)50-52-49(36-15-5-2-6-16-36)53-51(54-50)42-20-12-19-40(32-42)38-17-11-18-39(31-38)41-29-30-47-45-23-8-7-21-43(45)44-22-9-10-24-46(44)48(47)33-41/h1-33H/i1D,2D,3D,4D,5D,6D,7D,8D,9D,10D,11D,12D,13D,14D,15D,16D,17D,18D,19D,20D,21D,22D,23D,24D,25D,26D,27D,28D,29D,30D,31D,32D,33D. The summed E-state index contributed by atoms with van der Waals surface area (Å²) in [5.74, 6) is -2.93. The summed E-state index contributed by atoms with van der Waals surface area (Å²) in [6.45, 7) is 0. The van der Waals surface area contributed by atoms with Gasteiger partial charge in [0.1, 0.15) is 0 Å². The van der Waals surface area contributed by atoms with Gasteiger partial charge in [0.2, 0.25) is 0 Å². The molecule has 10 rings (SSSR count). The van der Waals surface area contributed by atoms with Crippen molar-refractivity contribution in [1.29, 1.82) is 0 Å². The lowest BCUT2D eigenvalue weighted by molar-refractivity contribution is 1.07. The molecule has 0 bridgehead atoms. The van der Waals surface area contributed by atoms with Gasteiger partial charge in [-0.25, -0.2) is 15.0 Å². The van der Waals surface area contributed by atoms with Gasteiger partial charge >= 0.3 is 0 Å². The molecule has 3 nitrogen and oxygen atoms in total. The van der Waals surface area contributed by atoms with Crippen LogP contribution in [0.25, 0.3) is 99.9 Å². The van der Waals surface area contributed by atoms with Crippen LogP contribution in [-0.2, 0) is 0 Å². The van der Waals surface area contributed by atoms with Gasteiger partial charge in [0.25, 0.3) is 0 Å². The molecule has 0 aliphatic rings. The van der Waals surface area contributed by atoms with Crippen molar-refractivity contribution in [3.63, 3.8) is 0 Å². The summed E-state index contributed by atoms with van der Waals surface area (Å²) in [7, 11) is 0. The molecule has 54 heavy (non-hydrogen) atoms. The number of hydrogen-bond donors (Lipinski definition) is 0. The Morgan fingerprint density at radius 3 is 1.09 bits per heavy atom. The molecule has 0 radical (unpaired) electrons. The highest BCUT2D eigenvalue weighted by molar-refractivity contribution is 6.25. The minimum absolute atomic E-state index is 0.503. The largest absolute Gasteiger partial charge is 0.208 e. The molecule has 3 heteroatoms. The average molecular weight is 721 g/mol. The maximum absolute atomic E-state index is 9.75. The zero-order valence-electron chi connectivity index (χ0n) is 59.8. The molecule has 0 unspecified atom stereocenters. The molecule has 0 atom stereocenters. The van der Waals surface area contributed by atoms with Crippen LogP contribution < -0.4 is 0 Å². The van der Waals surface area contributed by atoms with Gasteiger partial charge in [-0.1, -0.05) is 181 Å². The SMILES string of the molecule is [2H]c1c([2H])c([2H])c(-c2nc(-c3c([2H])c([2H])c(-c4c([2H])c([2H])c([2H])c([2H])c4[2H])c([2H])c3[2H])nc(-c3c([2H])c([2H])c([2H])c(-c4c([2H])c([2H])c([2H])c(-c5c([2H])c([2H])c6c7c([2H])c([2H])c([2H])c([2H])c7c7c([2H])c([2H])c([2H])c([2H])c7c6c5[2H])c4[2H])c3[2H])n2)c([2H])c1[2H]. The van der Waals surface area contributed by atoms with Crippen molar-refractivity contribution in [1.82, 2.24) is 15.0 Å². The topological polar surface area (TPSA) is 38.7 Å². The summed E-state index contributed by atoms with van der Waals surface area (Å²) >= 11 is 0. The lowest BCUT2D eigenvalue weighted by atomic mass is 9.91. The highest BCUT2D eigenvalue weighted by Gasteiger charge is 2.14. The third-order valence-corrected chi connectivity index (χ3v) is 7.87. The van der Waals surface area contributed by atoms with Gasteiger partial charge in [0.15, 0.2) is 17.5 Å². The van der Waals surface area contributed by atoms with E-state index in [-0.39, 0.29) is 0 Å². The molecule has 0 N–H and O–H groups in total. The number of nitrogens with zero attached hydrogens (tertiary/aromatic N) is 3. The molecular formula is C51H33N3. The Labute approximate surface area is 360 Å². The predicted octanol–water partition coefficient (Wildman–Crippen LogP) is 13.3. The number of fused-ring (bicyclic) bond motifs is 6. The van der Waals surface area contributed by atoms with Gasteiger partial charge in [-0.3, -0.25) is 0 Å². The summed E-state index contributed by atoms with van der Waals surface area (Å²) in [6, 6.07) is -32.6. The van der Waals surface area contributed by atoms with Crippen molar-refractivity contribution in [2.45, 2.75) is 0 Å². The fourth-order valence-corrected chi connectivity index (χ4v) is 5.45. The van der Waals surface area contributed by atoms with Crippen LogP contribution in [0.3, 0.4) is 0 Å². The van der Waals surface area contributed by atoms with E-state index in [1.54, 1.807) is 0 Å². The molecule has 0 aliphatic carbocycles. The Kier molecular flexibility index (Phi) is 3.08.